The van der Waals surface area contributed by atoms with Crippen molar-refractivity contribution in [3.05, 3.63) is 0 Å². The van der Waals surface area contributed by atoms with Gasteiger partial charge in [0.15, 0.2) is 0 Å². The van der Waals surface area contributed by atoms with Crippen molar-refractivity contribution in [1.29, 1.82) is 0 Å². The summed E-state index contributed by atoms with van der Waals surface area (Å²) >= 11 is 0. The first-order valence-electron chi connectivity index (χ1n) is 6.54. The number of hydrogen-bond acceptors (Lipinski definition) is 4. The molecule has 0 aliphatic carbocycles. The largest absolute Gasteiger partial charge is 0.465 e. The van der Waals surface area contributed by atoms with E-state index < -0.39 is 5.92 Å². The molecule has 1 aliphatic heterocycles. The van der Waals surface area contributed by atoms with Crippen LogP contribution in [-0.4, -0.2) is 42.9 Å². The zero-order valence-electron chi connectivity index (χ0n) is 10.9. The number of rotatable bonds is 6. The minimum atomic E-state index is -0.572. The minimum Gasteiger partial charge on any atom is -0.465 e. The standard InChI is InChI=1S/C13H23NO3/c1-3-17-13(16)12(11(2)15)7-10-14-8-5-4-6-9-14/h12H,3-10H2,1-2H3. The van der Waals surface area contributed by atoms with Crippen molar-refractivity contribution in [3.8, 4) is 0 Å². The predicted octanol–water partition coefficient (Wildman–Crippen LogP) is 1.63. The highest BCUT2D eigenvalue weighted by Gasteiger charge is 2.25. The quantitative estimate of drug-likeness (QED) is 0.524. The van der Waals surface area contributed by atoms with Gasteiger partial charge in [0.05, 0.1) is 6.61 Å². The fourth-order valence-electron chi connectivity index (χ4n) is 2.22. The van der Waals surface area contributed by atoms with Gasteiger partial charge in [0.1, 0.15) is 11.7 Å². The van der Waals surface area contributed by atoms with Crippen LogP contribution >= 0.6 is 0 Å². The Hall–Kier alpha value is -0.900. The van der Waals surface area contributed by atoms with E-state index in [2.05, 4.69) is 4.90 Å². The molecule has 0 radical (unpaired) electrons. The summed E-state index contributed by atoms with van der Waals surface area (Å²) in [5.74, 6) is -1.02. The Morgan fingerprint density at radius 1 is 1.24 bits per heavy atom. The number of nitrogens with zero attached hydrogens (tertiary/aromatic N) is 1. The second-order valence-corrected chi connectivity index (χ2v) is 4.61. The minimum absolute atomic E-state index is 0.0829. The lowest BCUT2D eigenvalue weighted by Gasteiger charge is -2.27. The Kier molecular flexibility index (Phi) is 6.19. The van der Waals surface area contributed by atoms with Gasteiger partial charge in [0.2, 0.25) is 0 Å². The normalized spacial score (nSPS) is 18.7. The molecule has 0 aromatic heterocycles. The van der Waals surface area contributed by atoms with Gasteiger partial charge in [0.25, 0.3) is 0 Å². The van der Waals surface area contributed by atoms with Crippen LogP contribution in [0.5, 0.6) is 0 Å². The molecular formula is C13H23NO3. The summed E-state index contributed by atoms with van der Waals surface area (Å²) < 4.78 is 4.93. The number of ether oxygens (including phenoxy) is 1. The molecule has 1 rings (SSSR count). The first-order valence-corrected chi connectivity index (χ1v) is 6.54. The van der Waals surface area contributed by atoms with Crippen LogP contribution in [-0.2, 0) is 14.3 Å². The van der Waals surface area contributed by atoms with Gasteiger partial charge in [0, 0.05) is 0 Å². The van der Waals surface area contributed by atoms with Crippen LogP contribution in [0.3, 0.4) is 0 Å². The number of carbonyl (C=O) groups is 2. The fraction of sp³-hybridized carbons (Fsp3) is 0.846. The number of carbonyl (C=O) groups excluding carboxylic acids is 2. The second-order valence-electron chi connectivity index (χ2n) is 4.61. The molecule has 4 heteroatoms. The molecule has 0 spiro atoms. The molecule has 1 unspecified atom stereocenters. The van der Waals surface area contributed by atoms with E-state index in [-0.39, 0.29) is 11.8 Å². The molecule has 0 amide bonds. The third-order valence-corrected chi connectivity index (χ3v) is 3.24. The van der Waals surface area contributed by atoms with E-state index in [1.165, 1.54) is 26.2 Å². The van der Waals surface area contributed by atoms with Crippen LogP contribution in [0.15, 0.2) is 0 Å². The van der Waals surface area contributed by atoms with Gasteiger partial charge in [-0.05, 0) is 52.7 Å². The second kappa shape index (κ2) is 7.43. The fourth-order valence-corrected chi connectivity index (χ4v) is 2.22. The maximum absolute atomic E-state index is 11.6. The van der Waals surface area contributed by atoms with E-state index in [0.717, 1.165) is 19.6 Å². The van der Waals surface area contributed by atoms with Crippen molar-refractivity contribution >= 4 is 11.8 Å². The van der Waals surface area contributed by atoms with Gasteiger partial charge in [-0.3, -0.25) is 9.59 Å². The number of piperidine rings is 1. The SMILES string of the molecule is CCOC(=O)C(CCN1CCCCC1)C(C)=O. The molecule has 1 aliphatic rings. The van der Waals surface area contributed by atoms with Crippen LogP contribution in [0.4, 0.5) is 0 Å². The van der Waals surface area contributed by atoms with Gasteiger partial charge >= 0.3 is 5.97 Å². The highest BCUT2D eigenvalue weighted by molar-refractivity contribution is 5.97. The van der Waals surface area contributed by atoms with Gasteiger partial charge in [-0.2, -0.15) is 0 Å². The smallest absolute Gasteiger partial charge is 0.316 e. The molecule has 4 nitrogen and oxygen atoms in total. The third kappa shape index (κ3) is 4.86. The Balaban J connectivity index is 2.38. The molecule has 0 saturated carbocycles. The molecule has 0 N–H and O–H groups in total. The van der Waals surface area contributed by atoms with Crippen molar-refractivity contribution < 1.29 is 14.3 Å². The van der Waals surface area contributed by atoms with Gasteiger partial charge in [-0.15, -0.1) is 0 Å². The van der Waals surface area contributed by atoms with E-state index in [0.29, 0.717) is 13.0 Å². The summed E-state index contributed by atoms with van der Waals surface area (Å²) in [6.45, 7) is 6.58. The van der Waals surface area contributed by atoms with E-state index in [1.807, 2.05) is 0 Å². The predicted molar refractivity (Wildman–Crippen MR) is 65.7 cm³/mol. The summed E-state index contributed by atoms with van der Waals surface area (Å²) in [5, 5.41) is 0. The average molecular weight is 241 g/mol. The lowest BCUT2D eigenvalue weighted by atomic mass is 10.0. The van der Waals surface area contributed by atoms with Crippen LogP contribution < -0.4 is 0 Å². The number of hydrogen-bond donors (Lipinski definition) is 0. The lowest BCUT2D eigenvalue weighted by Crippen LogP contribution is -2.34. The Morgan fingerprint density at radius 2 is 1.88 bits per heavy atom. The van der Waals surface area contributed by atoms with Crippen LogP contribution in [0.1, 0.15) is 39.5 Å². The van der Waals surface area contributed by atoms with E-state index in [4.69, 9.17) is 4.74 Å². The lowest BCUT2D eigenvalue weighted by molar-refractivity contribution is -0.151. The van der Waals surface area contributed by atoms with Gasteiger partial charge in [-0.25, -0.2) is 0 Å². The molecule has 1 fully saturated rings. The first kappa shape index (κ1) is 14.2. The number of ketones is 1. The number of esters is 1. The van der Waals surface area contributed by atoms with Crippen molar-refractivity contribution in [3.63, 3.8) is 0 Å². The number of Topliss-reactive ketones (excluding diaryl/α,β-unsaturated/α-hetero) is 1. The van der Waals surface area contributed by atoms with Crippen LogP contribution in [0, 0.1) is 5.92 Å². The zero-order chi connectivity index (χ0) is 12.7. The molecule has 0 bridgehead atoms. The summed E-state index contributed by atoms with van der Waals surface area (Å²) in [7, 11) is 0. The summed E-state index contributed by atoms with van der Waals surface area (Å²) in [6, 6.07) is 0. The molecule has 1 atom stereocenters. The van der Waals surface area contributed by atoms with Crippen molar-refractivity contribution in [2.75, 3.05) is 26.2 Å². The summed E-state index contributed by atoms with van der Waals surface area (Å²) in [4.78, 5) is 25.3. The molecule has 1 saturated heterocycles. The third-order valence-electron chi connectivity index (χ3n) is 3.24. The highest BCUT2D eigenvalue weighted by atomic mass is 16.5. The monoisotopic (exact) mass is 241 g/mol. The maximum atomic E-state index is 11.6. The zero-order valence-corrected chi connectivity index (χ0v) is 10.9. The molecule has 0 aromatic carbocycles. The Labute approximate surface area is 103 Å². The van der Waals surface area contributed by atoms with Crippen molar-refractivity contribution in [2.45, 2.75) is 39.5 Å². The highest BCUT2D eigenvalue weighted by Crippen LogP contribution is 2.13. The van der Waals surface area contributed by atoms with E-state index in [1.54, 1.807) is 6.92 Å². The summed E-state index contributed by atoms with van der Waals surface area (Å²) in [5.41, 5.74) is 0. The average Bonchev–Trinajstić information content (AvgIpc) is 2.30. The summed E-state index contributed by atoms with van der Waals surface area (Å²) in [6.07, 6.45) is 4.34. The topological polar surface area (TPSA) is 46.6 Å². The Bertz CT molecular complexity index is 259. The van der Waals surface area contributed by atoms with Crippen LogP contribution in [0.2, 0.25) is 0 Å². The van der Waals surface area contributed by atoms with E-state index >= 15 is 0 Å². The number of likely N-dealkylation sites (tertiary alicyclic amines) is 1. The first-order chi connectivity index (χ1) is 8.15. The molecular weight excluding hydrogens is 218 g/mol. The molecule has 1 heterocycles. The van der Waals surface area contributed by atoms with Gasteiger partial charge in [-0.1, -0.05) is 6.42 Å². The van der Waals surface area contributed by atoms with Gasteiger partial charge < -0.3 is 9.64 Å². The van der Waals surface area contributed by atoms with E-state index in [9.17, 15) is 9.59 Å². The van der Waals surface area contributed by atoms with Crippen molar-refractivity contribution in [1.82, 2.24) is 4.90 Å². The van der Waals surface area contributed by atoms with Crippen LogP contribution in [0.25, 0.3) is 0 Å². The van der Waals surface area contributed by atoms with Crippen molar-refractivity contribution in [2.24, 2.45) is 5.92 Å². The molecule has 98 valence electrons. The molecule has 0 aromatic rings. The Morgan fingerprint density at radius 3 is 2.41 bits per heavy atom. The molecule has 17 heavy (non-hydrogen) atoms. The maximum Gasteiger partial charge on any atom is 0.316 e.